The largest absolute Gasteiger partial charge is 0.370 e. The molecule has 0 spiro atoms. The Morgan fingerprint density at radius 2 is 1.81 bits per heavy atom. The van der Waals surface area contributed by atoms with Crippen LogP contribution in [0.5, 0.6) is 0 Å². The van der Waals surface area contributed by atoms with Crippen LogP contribution >= 0.6 is 0 Å². The van der Waals surface area contributed by atoms with E-state index in [1.807, 2.05) is 11.4 Å². The Morgan fingerprint density at radius 1 is 1.15 bits per heavy atom. The summed E-state index contributed by atoms with van der Waals surface area (Å²) >= 11 is 0. The van der Waals surface area contributed by atoms with E-state index in [-0.39, 0.29) is 11.2 Å². The molecule has 0 saturated carbocycles. The highest BCUT2D eigenvalue weighted by atomic mass is 19.1. The van der Waals surface area contributed by atoms with Crippen molar-refractivity contribution in [3.05, 3.63) is 47.5 Å². The SMILES string of the molecule is Cc1nn2c(NCC(C)C)cc(C(C)(C)C)nc2c1-c1ccc(F)cc1. The van der Waals surface area contributed by atoms with E-state index in [0.717, 1.165) is 40.5 Å². The predicted octanol–water partition coefficient (Wildman–Crippen LogP) is 5.21. The van der Waals surface area contributed by atoms with Gasteiger partial charge in [0.05, 0.1) is 11.4 Å². The van der Waals surface area contributed by atoms with Gasteiger partial charge in [0.15, 0.2) is 5.65 Å². The molecule has 0 aliphatic heterocycles. The van der Waals surface area contributed by atoms with Crippen LogP contribution in [-0.2, 0) is 5.41 Å². The molecule has 1 aromatic carbocycles. The van der Waals surface area contributed by atoms with Gasteiger partial charge in [-0.05, 0) is 30.5 Å². The van der Waals surface area contributed by atoms with Crippen LogP contribution in [0.15, 0.2) is 30.3 Å². The second kappa shape index (κ2) is 6.71. The van der Waals surface area contributed by atoms with E-state index in [1.54, 1.807) is 12.1 Å². The van der Waals surface area contributed by atoms with Gasteiger partial charge in [0.2, 0.25) is 0 Å². The Kier molecular flexibility index (Phi) is 4.74. The van der Waals surface area contributed by atoms with Crippen molar-refractivity contribution in [1.82, 2.24) is 14.6 Å². The number of rotatable bonds is 4. The molecule has 2 heterocycles. The molecule has 0 bridgehead atoms. The van der Waals surface area contributed by atoms with E-state index in [9.17, 15) is 4.39 Å². The highest BCUT2D eigenvalue weighted by Gasteiger charge is 2.22. The van der Waals surface area contributed by atoms with Gasteiger partial charge in [-0.3, -0.25) is 0 Å². The number of fused-ring (bicyclic) bond motifs is 1. The lowest BCUT2D eigenvalue weighted by molar-refractivity contribution is 0.568. The fourth-order valence-corrected chi connectivity index (χ4v) is 2.90. The molecule has 4 nitrogen and oxygen atoms in total. The molecule has 5 heteroatoms. The maximum atomic E-state index is 13.4. The number of hydrogen-bond donors (Lipinski definition) is 1. The number of aryl methyl sites for hydroxylation is 1. The van der Waals surface area contributed by atoms with E-state index >= 15 is 0 Å². The zero-order valence-corrected chi connectivity index (χ0v) is 16.4. The van der Waals surface area contributed by atoms with Crippen molar-refractivity contribution in [2.75, 3.05) is 11.9 Å². The van der Waals surface area contributed by atoms with Gasteiger partial charge >= 0.3 is 0 Å². The summed E-state index contributed by atoms with van der Waals surface area (Å²) in [4.78, 5) is 4.92. The van der Waals surface area contributed by atoms with Gasteiger partial charge in [0.1, 0.15) is 11.6 Å². The van der Waals surface area contributed by atoms with Gasteiger partial charge in [-0.25, -0.2) is 9.37 Å². The van der Waals surface area contributed by atoms with E-state index in [1.165, 1.54) is 12.1 Å². The molecular weight excluding hydrogens is 327 g/mol. The zero-order chi connectivity index (χ0) is 19.1. The summed E-state index contributed by atoms with van der Waals surface area (Å²) < 4.78 is 15.2. The summed E-state index contributed by atoms with van der Waals surface area (Å²) in [6.45, 7) is 13.6. The fourth-order valence-electron chi connectivity index (χ4n) is 2.90. The highest BCUT2D eigenvalue weighted by molar-refractivity contribution is 5.81. The Labute approximate surface area is 154 Å². The first-order valence-corrected chi connectivity index (χ1v) is 9.07. The first-order valence-electron chi connectivity index (χ1n) is 9.07. The normalized spacial score (nSPS) is 12.2. The predicted molar refractivity (Wildman–Crippen MR) is 105 cm³/mol. The smallest absolute Gasteiger partial charge is 0.165 e. The fraction of sp³-hybridized carbons (Fsp3) is 0.429. The minimum absolute atomic E-state index is 0.0890. The number of benzene rings is 1. The lowest BCUT2D eigenvalue weighted by Gasteiger charge is -2.20. The van der Waals surface area contributed by atoms with Crippen LogP contribution in [-0.4, -0.2) is 21.1 Å². The van der Waals surface area contributed by atoms with Crippen molar-refractivity contribution in [2.24, 2.45) is 5.92 Å². The van der Waals surface area contributed by atoms with Crippen molar-refractivity contribution >= 4 is 11.5 Å². The Bertz CT molecular complexity index is 918. The second-order valence-corrected chi connectivity index (χ2v) is 8.25. The van der Waals surface area contributed by atoms with Crippen LogP contribution in [0.25, 0.3) is 16.8 Å². The Balaban J connectivity index is 2.24. The summed E-state index contributed by atoms with van der Waals surface area (Å²) in [5.41, 5.74) is 4.46. The van der Waals surface area contributed by atoms with Crippen LogP contribution in [0.2, 0.25) is 0 Å². The molecule has 0 saturated heterocycles. The number of nitrogens with zero attached hydrogens (tertiary/aromatic N) is 3. The third-order valence-corrected chi connectivity index (χ3v) is 4.36. The standard InChI is InChI=1S/C21H27FN4/c1-13(2)12-23-18-11-17(21(4,5)6)24-20-19(14(3)25-26(18)20)15-7-9-16(22)10-8-15/h7-11,13,23H,12H2,1-6H3. The average Bonchev–Trinajstić information content (AvgIpc) is 2.88. The Hall–Kier alpha value is -2.43. The maximum absolute atomic E-state index is 13.4. The molecule has 0 atom stereocenters. The molecule has 0 aliphatic rings. The quantitative estimate of drug-likeness (QED) is 0.699. The van der Waals surface area contributed by atoms with E-state index < -0.39 is 0 Å². The molecule has 3 aromatic rings. The zero-order valence-electron chi connectivity index (χ0n) is 16.4. The van der Waals surface area contributed by atoms with Gasteiger partial charge in [-0.15, -0.1) is 0 Å². The molecule has 0 radical (unpaired) electrons. The number of halogens is 1. The maximum Gasteiger partial charge on any atom is 0.165 e. The number of hydrogen-bond acceptors (Lipinski definition) is 3. The molecule has 1 N–H and O–H groups in total. The molecular formula is C21H27FN4. The van der Waals surface area contributed by atoms with Crippen molar-refractivity contribution in [3.8, 4) is 11.1 Å². The first-order chi connectivity index (χ1) is 12.2. The van der Waals surface area contributed by atoms with Gasteiger partial charge in [-0.1, -0.05) is 46.8 Å². The van der Waals surface area contributed by atoms with Crippen molar-refractivity contribution < 1.29 is 4.39 Å². The lowest BCUT2D eigenvalue weighted by atomic mass is 9.92. The van der Waals surface area contributed by atoms with Crippen LogP contribution in [0.4, 0.5) is 10.2 Å². The highest BCUT2D eigenvalue weighted by Crippen LogP contribution is 2.32. The molecule has 26 heavy (non-hydrogen) atoms. The lowest BCUT2D eigenvalue weighted by Crippen LogP contribution is -2.18. The third kappa shape index (κ3) is 3.57. The van der Waals surface area contributed by atoms with Crippen molar-refractivity contribution in [1.29, 1.82) is 0 Å². The van der Waals surface area contributed by atoms with E-state index in [2.05, 4.69) is 46.0 Å². The number of aromatic nitrogens is 3. The van der Waals surface area contributed by atoms with Crippen LogP contribution in [0.3, 0.4) is 0 Å². The minimum Gasteiger partial charge on any atom is -0.370 e. The average molecular weight is 354 g/mol. The van der Waals surface area contributed by atoms with Crippen LogP contribution < -0.4 is 5.32 Å². The third-order valence-electron chi connectivity index (χ3n) is 4.36. The topological polar surface area (TPSA) is 42.2 Å². The summed E-state index contributed by atoms with van der Waals surface area (Å²) in [6, 6.07) is 8.60. The van der Waals surface area contributed by atoms with E-state index in [4.69, 9.17) is 10.1 Å². The number of anilines is 1. The molecule has 3 rings (SSSR count). The van der Waals surface area contributed by atoms with Crippen molar-refractivity contribution in [3.63, 3.8) is 0 Å². The van der Waals surface area contributed by atoms with Gasteiger partial charge in [0, 0.05) is 23.6 Å². The van der Waals surface area contributed by atoms with Crippen LogP contribution in [0, 0.1) is 18.7 Å². The van der Waals surface area contributed by atoms with Gasteiger partial charge in [0.25, 0.3) is 0 Å². The van der Waals surface area contributed by atoms with Crippen molar-refractivity contribution in [2.45, 2.75) is 47.0 Å². The summed E-state index contributed by atoms with van der Waals surface area (Å²) in [6.07, 6.45) is 0. The number of nitrogens with one attached hydrogen (secondary N) is 1. The molecule has 0 aliphatic carbocycles. The molecule has 2 aromatic heterocycles. The van der Waals surface area contributed by atoms with E-state index in [0.29, 0.717) is 5.92 Å². The monoisotopic (exact) mass is 354 g/mol. The van der Waals surface area contributed by atoms with Gasteiger partial charge < -0.3 is 5.32 Å². The molecule has 0 amide bonds. The summed E-state index contributed by atoms with van der Waals surface area (Å²) in [5, 5.41) is 8.21. The second-order valence-electron chi connectivity index (χ2n) is 8.25. The minimum atomic E-state index is -0.245. The van der Waals surface area contributed by atoms with Crippen LogP contribution in [0.1, 0.15) is 46.0 Å². The van der Waals surface area contributed by atoms with Gasteiger partial charge in [-0.2, -0.15) is 9.61 Å². The summed E-state index contributed by atoms with van der Waals surface area (Å²) in [5.74, 6) is 1.21. The molecule has 138 valence electrons. The summed E-state index contributed by atoms with van der Waals surface area (Å²) in [7, 11) is 0. The molecule has 0 unspecified atom stereocenters. The first kappa shape index (κ1) is 18.4. The molecule has 0 fully saturated rings. The Morgan fingerprint density at radius 3 is 2.38 bits per heavy atom.